The third kappa shape index (κ3) is 6.98. The van der Waals surface area contributed by atoms with Crippen LogP contribution < -0.4 is 0 Å². The van der Waals surface area contributed by atoms with Gasteiger partial charge in [-0.25, -0.2) is 0 Å². The van der Waals surface area contributed by atoms with Crippen LogP contribution >= 0.6 is 0 Å². The van der Waals surface area contributed by atoms with Crippen LogP contribution in [0.3, 0.4) is 0 Å². The molecular weight excluding hydrogens is 485 g/mol. The first-order valence-corrected chi connectivity index (χ1v) is 26.3. The van der Waals surface area contributed by atoms with Gasteiger partial charge in [0.2, 0.25) is 8.32 Å². The van der Waals surface area contributed by atoms with E-state index in [1.54, 1.807) is 0 Å². The van der Waals surface area contributed by atoms with E-state index in [0.717, 1.165) is 38.5 Å². The second-order valence-corrected chi connectivity index (χ2v) is 30.3. The van der Waals surface area contributed by atoms with Crippen LogP contribution in [0, 0.1) is 0 Å². The van der Waals surface area contributed by atoms with Gasteiger partial charge in [-0.05, 0) is 91.7 Å². The van der Waals surface area contributed by atoms with Gasteiger partial charge in [-0.3, -0.25) is 0 Å². The number of hydrogen-bond acceptors (Lipinski definition) is 3. The first kappa shape index (κ1) is 34.7. The molecule has 0 heterocycles. The minimum Gasteiger partial charge on any atom is -0.417 e. The molecule has 3 atom stereocenters. The average molecular weight is 549 g/mol. The third-order valence-electron chi connectivity index (χ3n) is 9.64. The summed E-state index contributed by atoms with van der Waals surface area (Å²) < 4.78 is 21.8. The molecule has 0 saturated heterocycles. The van der Waals surface area contributed by atoms with E-state index < -0.39 is 33.7 Å². The average Bonchev–Trinajstić information content (AvgIpc) is 2.70. The Morgan fingerprint density at radius 2 is 1.06 bits per heavy atom. The molecule has 0 aromatic heterocycles. The molecule has 3 unspecified atom stereocenters. The summed E-state index contributed by atoms with van der Waals surface area (Å²) >= 11 is 0. The Morgan fingerprint density at radius 1 is 0.618 bits per heavy atom. The van der Waals surface area contributed by atoms with Gasteiger partial charge >= 0.3 is 0 Å². The van der Waals surface area contributed by atoms with Crippen molar-refractivity contribution in [2.45, 2.75) is 174 Å². The van der Waals surface area contributed by atoms with Crippen molar-refractivity contribution in [3.05, 3.63) is 0 Å². The van der Waals surface area contributed by atoms with Gasteiger partial charge in [-0.15, -0.1) is 0 Å². The molecule has 0 bridgehead atoms. The summed E-state index contributed by atoms with van der Waals surface area (Å²) in [4.78, 5) is 0. The van der Waals surface area contributed by atoms with E-state index in [4.69, 9.17) is 13.3 Å². The molecule has 206 valence electrons. The molecule has 0 saturated carbocycles. The van der Waals surface area contributed by atoms with E-state index in [2.05, 4.69) is 114 Å². The lowest BCUT2D eigenvalue weighted by atomic mass is 9.81. The predicted molar refractivity (Wildman–Crippen MR) is 164 cm³/mol. The van der Waals surface area contributed by atoms with Gasteiger partial charge in [0.15, 0.2) is 17.4 Å². The largest absolute Gasteiger partial charge is 0.417 e. The number of hydrogen-bond donors (Lipinski definition) is 0. The van der Waals surface area contributed by atoms with Crippen molar-refractivity contribution in [1.82, 2.24) is 0 Å². The number of rotatable bonds is 16. The first-order chi connectivity index (χ1) is 15.2. The van der Waals surface area contributed by atoms with Crippen LogP contribution in [0.2, 0.25) is 64.0 Å². The lowest BCUT2D eigenvalue weighted by Gasteiger charge is -2.58. The minimum atomic E-state index is -2.24. The van der Waals surface area contributed by atoms with Gasteiger partial charge in [-0.1, -0.05) is 61.2 Å². The standard InChI is InChI=1S/C27H64O3Si4/c1-18-24(7,29-34(16,17)25(8,19-2)30-33(13,14)15)26(20-3,21-4)31(9)28-27(22-5,23-6)32(10,11)12/h31H,18-23H2,1-17H3. The zero-order valence-corrected chi connectivity index (χ0v) is 30.7. The molecule has 0 N–H and O–H groups in total. The van der Waals surface area contributed by atoms with Gasteiger partial charge in [-0.2, -0.15) is 0 Å². The molecule has 0 aromatic carbocycles. The Labute approximate surface area is 220 Å². The molecular formula is C27H64O3Si4. The van der Waals surface area contributed by atoms with Crippen molar-refractivity contribution >= 4 is 33.7 Å². The van der Waals surface area contributed by atoms with E-state index in [1.165, 1.54) is 0 Å². The Morgan fingerprint density at radius 3 is 1.32 bits per heavy atom. The summed E-state index contributed by atoms with van der Waals surface area (Å²) in [7, 11) is -7.12. The van der Waals surface area contributed by atoms with Gasteiger partial charge in [0.1, 0.15) is 0 Å². The zero-order chi connectivity index (χ0) is 27.4. The second kappa shape index (κ2) is 12.1. The van der Waals surface area contributed by atoms with Crippen LogP contribution in [-0.4, -0.2) is 49.8 Å². The van der Waals surface area contributed by atoms with E-state index >= 15 is 0 Å². The summed E-state index contributed by atoms with van der Waals surface area (Å²) in [5.74, 6) is 0. The summed E-state index contributed by atoms with van der Waals surface area (Å²) in [6.07, 6.45) is 6.45. The van der Waals surface area contributed by atoms with Crippen molar-refractivity contribution in [3.63, 3.8) is 0 Å². The first-order valence-electron chi connectivity index (χ1n) is 14.2. The maximum absolute atomic E-state index is 7.51. The van der Waals surface area contributed by atoms with Crippen LogP contribution in [0.25, 0.3) is 0 Å². The second-order valence-electron chi connectivity index (χ2n) is 13.6. The highest BCUT2D eigenvalue weighted by atomic mass is 28.4. The summed E-state index contributed by atoms with van der Waals surface area (Å²) in [5, 5.41) is -0.0640. The van der Waals surface area contributed by atoms with E-state index in [-0.39, 0.29) is 21.1 Å². The van der Waals surface area contributed by atoms with E-state index in [0.29, 0.717) is 0 Å². The molecule has 7 heteroatoms. The Balaban J connectivity index is 6.57. The molecule has 34 heavy (non-hydrogen) atoms. The summed E-state index contributed by atoms with van der Waals surface area (Å²) in [6.45, 7) is 40.5. The molecule has 0 aliphatic carbocycles. The maximum atomic E-state index is 7.51. The van der Waals surface area contributed by atoms with Crippen molar-refractivity contribution < 1.29 is 13.3 Å². The highest BCUT2D eigenvalue weighted by Crippen LogP contribution is 2.55. The van der Waals surface area contributed by atoms with Crippen molar-refractivity contribution in [2.24, 2.45) is 0 Å². The molecule has 0 aliphatic rings. The zero-order valence-electron chi connectivity index (χ0n) is 26.5. The van der Waals surface area contributed by atoms with Gasteiger partial charge in [0.05, 0.1) is 18.9 Å². The molecule has 0 amide bonds. The highest BCUT2D eigenvalue weighted by molar-refractivity contribution is 6.79. The fourth-order valence-electron chi connectivity index (χ4n) is 6.60. The normalized spacial score (nSPS) is 19.0. The summed E-state index contributed by atoms with van der Waals surface area (Å²) in [5.41, 5.74) is -0.218. The van der Waals surface area contributed by atoms with Crippen LogP contribution in [0.15, 0.2) is 0 Å². The van der Waals surface area contributed by atoms with Gasteiger partial charge < -0.3 is 13.3 Å². The van der Waals surface area contributed by atoms with Gasteiger partial charge in [0, 0.05) is 10.3 Å². The Bertz CT molecular complexity index is 618. The van der Waals surface area contributed by atoms with Crippen molar-refractivity contribution in [3.8, 4) is 0 Å². The van der Waals surface area contributed by atoms with Crippen molar-refractivity contribution in [1.29, 1.82) is 0 Å². The van der Waals surface area contributed by atoms with Crippen LogP contribution in [-0.2, 0) is 13.3 Å². The molecule has 3 nitrogen and oxygen atoms in total. The Hall–Kier alpha value is 0.748. The van der Waals surface area contributed by atoms with E-state index in [9.17, 15) is 0 Å². The molecule has 0 aliphatic heterocycles. The SMILES string of the molecule is CCC(C)(O[Si](C)(C)C(C)(CC)O[Si](C)(C)C)C(CC)(CC)[SiH](C)OC(CC)(CC)[Si](C)(C)C. The molecule has 0 rings (SSSR count). The van der Waals surface area contributed by atoms with Crippen LogP contribution in [0.5, 0.6) is 0 Å². The smallest absolute Gasteiger partial charge is 0.217 e. The monoisotopic (exact) mass is 548 g/mol. The van der Waals surface area contributed by atoms with E-state index in [1.807, 2.05) is 0 Å². The predicted octanol–water partition coefficient (Wildman–Crippen LogP) is 9.30. The molecule has 0 aromatic rings. The molecule has 0 fully saturated rings. The highest BCUT2D eigenvalue weighted by Gasteiger charge is 2.58. The topological polar surface area (TPSA) is 27.7 Å². The van der Waals surface area contributed by atoms with Crippen LogP contribution in [0.4, 0.5) is 0 Å². The van der Waals surface area contributed by atoms with Gasteiger partial charge in [0.25, 0.3) is 0 Å². The molecule has 0 radical (unpaired) electrons. The fraction of sp³-hybridized carbons (Fsp3) is 1.00. The quantitative estimate of drug-likeness (QED) is 0.180. The lowest BCUT2D eigenvalue weighted by molar-refractivity contribution is -0.0167. The van der Waals surface area contributed by atoms with Crippen molar-refractivity contribution in [2.75, 3.05) is 0 Å². The minimum absolute atomic E-state index is 0.0503. The van der Waals surface area contributed by atoms with Crippen LogP contribution in [0.1, 0.15) is 93.9 Å². The molecule has 0 spiro atoms. The third-order valence-corrected chi connectivity index (χ3v) is 22.5. The summed E-state index contributed by atoms with van der Waals surface area (Å²) in [6, 6.07) is 0. The lowest BCUT2D eigenvalue weighted by Crippen LogP contribution is -2.66. The Kier molecular flexibility index (Phi) is 12.3. The maximum Gasteiger partial charge on any atom is 0.217 e. The fourth-order valence-corrected chi connectivity index (χ4v) is 20.2.